The van der Waals surface area contributed by atoms with Crippen LogP contribution < -0.4 is 10.0 Å². The summed E-state index contributed by atoms with van der Waals surface area (Å²) >= 11 is 1.79. The fourth-order valence-electron chi connectivity index (χ4n) is 3.00. The molecular formula is C20H24N2O3S2. The first-order valence-electron chi connectivity index (χ1n) is 8.82. The van der Waals surface area contributed by atoms with Gasteiger partial charge in [-0.05, 0) is 57.0 Å². The molecule has 3 rings (SSSR count). The standard InChI is InChI=1S/C20H24N2O3S2/c1-20(2,3)22-27(24,25)15-8-6-7-14(13-15)19(23)21-17-11-12-26-18-10-5-4-9-16(17)18/h4-10,13,17,22H,11-12H2,1-3H3,(H,21,23). The molecule has 0 radical (unpaired) electrons. The van der Waals surface area contributed by atoms with Crippen LogP contribution >= 0.6 is 11.8 Å². The molecule has 1 aliphatic rings. The molecule has 1 atom stereocenters. The minimum atomic E-state index is -3.69. The van der Waals surface area contributed by atoms with Crippen LogP contribution in [0, 0.1) is 0 Å². The van der Waals surface area contributed by atoms with Gasteiger partial charge in [-0.1, -0.05) is 24.3 Å². The van der Waals surface area contributed by atoms with Gasteiger partial charge in [0.05, 0.1) is 10.9 Å². The van der Waals surface area contributed by atoms with Crippen molar-refractivity contribution in [2.75, 3.05) is 5.75 Å². The molecular weight excluding hydrogens is 380 g/mol. The zero-order chi connectivity index (χ0) is 19.7. The number of benzene rings is 2. The predicted octanol–water partition coefficient (Wildman–Crippen LogP) is 3.73. The fraction of sp³-hybridized carbons (Fsp3) is 0.350. The zero-order valence-electron chi connectivity index (χ0n) is 15.7. The van der Waals surface area contributed by atoms with E-state index in [0.717, 1.165) is 17.7 Å². The molecule has 0 saturated carbocycles. The number of thioether (sulfide) groups is 1. The van der Waals surface area contributed by atoms with Crippen LogP contribution in [0.4, 0.5) is 0 Å². The van der Waals surface area contributed by atoms with Crippen molar-refractivity contribution in [3.63, 3.8) is 0 Å². The van der Waals surface area contributed by atoms with Gasteiger partial charge < -0.3 is 5.32 Å². The second-order valence-corrected chi connectivity index (χ2v) is 10.4. The molecule has 5 nitrogen and oxygen atoms in total. The molecule has 0 aromatic heterocycles. The van der Waals surface area contributed by atoms with Crippen LogP contribution in [0.5, 0.6) is 0 Å². The third kappa shape index (κ3) is 4.91. The van der Waals surface area contributed by atoms with E-state index in [2.05, 4.69) is 16.1 Å². The van der Waals surface area contributed by atoms with E-state index in [1.165, 1.54) is 17.0 Å². The van der Waals surface area contributed by atoms with Crippen molar-refractivity contribution in [3.05, 3.63) is 59.7 Å². The van der Waals surface area contributed by atoms with Crippen LogP contribution in [0.1, 0.15) is 49.2 Å². The van der Waals surface area contributed by atoms with E-state index in [-0.39, 0.29) is 16.8 Å². The highest BCUT2D eigenvalue weighted by Gasteiger charge is 2.25. The highest BCUT2D eigenvalue weighted by Crippen LogP contribution is 2.35. The summed E-state index contributed by atoms with van der Waals surface area (Å²) < 4.78 is 27.7. The second kappa shape index (κ2) is 7.66. The SMILES string of the molecule is CC(C)(C)NS(=O)(=O)c1cccc(C(=O)NC2CCSc3ccccc32)c1. The van der Waals surface area contributed by atoms with Crippen LogP contribution in [-0.4, -0.2) is 25.6 Å². The molecule has 1 aliphatic heterocycles. The van der Waals surface area contributed by atoms with Crippen molar-refractivity contribution in [2.45, 2.75) is 48.6 Å². The van der Waals surface area contributed by atoms with Crippen molar-refractivity contribution in [2.24, 2.45) is 0 Å². The Morgan fingerprint density at radius 3 is 2.59 bits per heavy atom. The van der Waals surface area contributed by atoms with Gasteiger partial charge in [-0.15, -0.1) is 11.8 Å². The third-order valence-electron chi connectivity index (χ3n) is 4.11. The Morgan fingerprint density at radius 2 is 1.85 bits per heavy atom. The monoisotopic (exact) mass is 404 g/mol. The molecule has 0 fully saturated rings. The lowest BCUT2D eigenvalue weighted by atomic mass is 10.0. The first-order chi connectivity index (χ1) is 12.7. The van der Waals surface area contributed by atoms with Gasteiger partial charge in [-0.25, -0.2) is 13.1 Å². The van der Waals surface area contributed by atoms with Crippen LogP contribution in [0.3, 0.4) is 0 Å². The maximum absolute atomic E-state index is 12.8. The molecule has 1 heterocycles. The van der Waals surface area contributed by atoms with E-state index in [1.807, 2.05) is 18.2 Å². The Bertz CT molecular complexity index is 950. The van der Waals surface area contributed by atoms with Crippen molar-refractivity contribution in [3.8, 4) is 0 Å². The molecule has 0 saturated heterocycles. The molecule has 144 valence electrons. The normalized spacial score (nSPS) is 17.2. The van der Waals surface area contributed by atoms with E-state index in [1.54, 1.807) is 44.7 Å². The Labute approximate surface area is 165 Å². The van der Waals surface area contributed by atoms with Gasteiger partial charge in [-0.2, -0.15) is 0 Å². The molecule has 27 heavy (non-hydrogen) atoms. The van der Waals surface area contributed by atoms with E-state index >= 15 is 0 Å². The Hall–Kier alpha value is -1.83. The number of hydrogen-bond acceptors (Lipinski definition) is 4. The van der Waals surface area contributed by atoms with E-state index in [4.69, 9.17) is 0 Å². The third-order valence-corrected chi connectivity index (χ3v) is 6.99. The molecule has 2 aromatic rings. The van der Waals surface area contributed by atoms with Crippen molar-refractivity contribution >= 4 is 27.7 Å². The molecule has 0 spiro atoms. The Kier molecular flexibility index (Phi) is 5.65. The van der Waals surface area contributed by atoms with Gasteiger partial charge in [-0.3, -0.25) is 4.79 Å². The quantitative estimate of drug-likeness (QED) is 0.814. The summed E-state index contributed by atoms with van der Waals surface area (Å²) in [6.07, 6.45) is 0.844. The van der Waals surface area contributed by atoms with Crippen LogP contribution in [-0.2, 0) is 10.0 Å². The first kappa shape index (κ1) is 19.9. The van der Waals surface area contributed by atoms with Crippen LogP contribution in [0.15, 0.2) is 58.3 Å². The Morgan fingerprint density at radius 1 is 1.11 bits per heavy atom. The number of sulfonamides is 1. The molecule has 2 aromatic carbocycles. The van der Waals surface area contributed by atoms with Gasteiger partial charge in [0, 0.05) is 21.8 Å². The Balaban J connectivity index is 1.81. The van der Waals surface area contributed by atoms with E-state index < -0.39 is 15.6 Å². The van der Waals surface area contributed by atoms with Gasteiger partial charge >= 0.3 is 0 Å². The second-order valence-electron chi connectivity index (χ2n) is 7.58. The van der Waals surface area contributed by atoms with Gasteiger partial charge in [0.25, 0.3) is 5.91 Å². The minimum absolute atomic E-state index is 0.0667. The van der Waals surface area contributed by atoms with Crippen LogP contribution in [0.25, 0.3) is 0 Å². The first-order valence-corrected chi connectivity index (χ1v) is 11.3. The lowest BCUT2D eigenvalue weighted by Gasteiger charge is -2.26. The predicted molar refractivity (Wildman–Crippen MR) is 109 cm³/mol. The molecule has 7 heteroatoms. The molecule has 1 amide bonds. The largest absolute Gasteiger partial charge is 0.345 e. The molecule has 1 unspecified atom stereocenters. The van der Waals surface area contributed by atoms with Gasteiger partial charge in [0.1, 0.15) is 0 Å². The van der Waals surface area contributed by atoms with Crippen molar-refractivity contribution < 1.29 is 13.2 Å². The number of fused-ring (bicyclic) bond motifs is 1. The topological polar surface area (TPSA) is 75.3 Å². The summed E-state index contributed by atoms with van der Waals surface area (Å²) in [5.74, 6) is 0.667. The average Bonchev–Trinajstić information content (AvgIpc) is 2.60. The zero-order valence-corrected chi connectivity index (χ0v) is 17.3. The highest BCUT2D eigenvalue weighted by atomic mass is 32.2. The molecule has 2 N–H and O–H groups in total. The summed E-state index contributed by atoms with van der Waals surface area (Å²) in [5, 5.41) is 3.05. The van der Waals surface area contributed by atoms with Gasteiger partial charge in [0.15, 0.2) is 0 Å². The number of hydrogen-bond donors (Lipinski definition) is 2. The lowest BCUT2D eigenvalue weighted by molar-refractivity contribution is 0.0934. The summed E-state index contributed by atoms with van der Waals surface area (Å²) in [6, 6.07) is 14.1. The minimum Gasteiger partial charge on any atom is -0.345 e. The summed E-state index contributed by atoms with van der Waals surface area (Å²) in [6.45, 7) is 5.33. The fourth-order valence-corrected chi connectivity index (χ4v) is 5.59. The van der Waals surface area contributed by atoms with E-state index in [0.29, 0.717) is 5.56 Å². The van der Waals surface area contributed by atoms with Crippen molar-refractivity contribution in [1.29, 1.82) is 0 Å². The number of rotatable bonds is 4. The maximum Gasteiger partial charge on any atom is 0.251 e. The number of carbonyl (C=O) groups excluding carboxylic acids is 1. The van der Waals surface area contributed by atoms with Crippen LogP contribution in [0.2, 0.25) is 0 Å². The summed E-state index contributed by atoms with van der Waals surface area (Å²) in [7, 11) is -3.69. The lowest BCUT2D eigenvalue weighted by Crippen LogP contribution is -2.40. The van der Waals surface area contributed by atoms with Gasteiger partial charge in [0.2, 0.25) is 10.0 Å². The average molecular weight is 405 g/mol. The van der Waals surface area contributed by atoms with Crippen molar-refractivity contribution in [1.82, 2.24) is 10.0 Å². The van der Waals surface area contributed by atoms with E-state index in [9.17, 15) is 13.2 Å². The molecule has 0 bridgehead atoms. The smallest absolute Gasteiger partial charge is 0.251 e. The number of amides is 1. The maximum atomic E-state index is 12.8. The molecule has 0 aliphatic carbocycles. The summed E-state index contributed by atoms with van der Waals surface area (Å²) in [4.78, 5) is 14.0. The number of nitrogens with one attached hydrogen (secondary N) is 2. The number of carbonyl (C=O) groups is 1. The summed E-state index contributed by atoms with van der Waals surface area (Å²) in [5.41, 5.74) is 0.850. The highest BCUT2D eigenvalue weighted by molar-refractivity contribution is 7.99.